The van der Waals surface area contributed by atoms with Crippen molar-refractivity contribution in [1.29, 1.82) is 0 Å². The molecule has 0 aliphatic carbocycles. The fourth-order valence-electron chi connectivity index (χ4n) is 1.85. The first kappa shape index (κ1) is 14.2. The molecule has 20 heavy (non-hydrogen) atoms. The van der Waals surface area contributed by atoms with E-state index >= 15 is 0 Å². The van der Waals surface area contributed by atoms with Crippen LogP contribution in [0.25, 0.3) is 11.8 Å². The number of nitro benzene ring substituents is 1. The molecule has 0 bridgehead atoms. The van der Waals surface area contributed by atoms with Gasteiger partial charge in [-0.25, -0.2) is 0 Å². The Bertz CT molecular complexity index is 750. The molecule has 102 valence electrons. The second-order valence-electron chi connectivity index (χ2n) is 4.03. The van der Waals surface area contributed by atoms with E-state index in [0.717, 1.165) is 0 Å². The van der Waals surface area contributed by atoms with Gasteiger partial charge < -0.3 is 0 Å². The highest BCUT2D eigenvalue weighted by Crippen LogP contribution is 2.22. The van der Waals surface area contributed by atoms with E-state index in [2.05, 4.69) is 15.9 Å². The Morgan fingerprint density at radius 2 is 2.10 bits per heavy atom. The molecule has 0 fully saturated rings. The van der Waals surface area contributed by atoms with E-state index in [4.69, 9.17) is 0 Å². The van der Waals surface area contributed by atoms with Gasteiger partial charge in [-0.05, 0) is 41.1 Å². The number of allylic oxidation sites excluding steroid dienone is 1. The van der Waals surface area contributed by atoms with E-state index in [9.17, 15) is 14.9 Å². The Labute approximate surface area is 123 Å². The van der Waals surface area contributed by atoms with Crippen molar-refractivity contribution in [3.8, 4) is 5.69 Å². The van der Waals surface area contributed by atoms with Crippen molar-refractivity contribution in [2.75, 3.05) is 0 Å². The second-order valence-corrected chi connectivity index (χ2v) is 4.89. The van der Waals surface area contributed by atoms with E-state index in [0.29, 0.717) is 15.7 Å². The Kier molecular flexibility index (Phi) is 4.14. The van der Waals surface area contributed by atoms with Crippen molar-refractivity contribution in [2.45, 2.75) is 6.92 Å². The van der Waals surface area contributed by atoms with Gasteiger partial charge in [-0.1, -0.05) is 12.2 Å². The molecule has 1 aromatic heterocycles. The summed E-state index contributed by atoms with van der Waals surface area (Å²) < 4.78 is 1.88. The van der Waals surface area contributed by atoms with Crippen LogP contribution in [0.2, 0.25) is 0 Å². The number of nitrogens with zero attached hydrogens (tertiary/aromatic N) is 2. The maximum Gasteiger partial charge on any atom is 0.270 e. The van der Waals surface area contributed by atoms with E-state index in [-0.39, 0.29) is 11.2 Å². The molecule has 0 atom stereocenters. The van der Waals surface area contributed by atoms with Crippen LogP contribution in [0.3, 0.4) is 0 Å². The third-order valence-electron chi connectivity index (χ3n) is 2.73. The van der Waals surface area contributed by atoms with Crippen molar-refractivity contribution in [1.82, 2.24) is 4.57 Å². The number of pyridine rings is 1. The van der Waals surface area contributed by atoms with Crippen LogP contribution in [0.1, 0.15) is 12.5 Å². The number of nitro groups is 1. The van der Waals surface area contributed by atoms with Crippen molar-refractivity contribution in [2.24, 2.45) is 0 Å². The summed E-state index contributed by atoms with van der Waals surface area (Å²) in [5.74, 6) is 0. The SMILES string of the molecule is CC=Cc1cc([N+](=O)[O-])ccc1-n1cccc(Br)c1=O. The van der Waals surface area contributed by atoms with Gasteiger partial charge in [-0.3, -0.25) is 19.5 Å². The predicted molar refractivity (Wildman–Crippen MR) is 81.1 cm³/mol. The lowest BCUT2D eigenvalue weighted by Gasteiger charge is -2.09. The van der Waals surface area contributed by atoms with Crippen molar-refractivity contribution in [3.63, 3.8) is 0 Å². The number of aromatic nitrogens is 1. The number of benzene rings is 1. The highest BCUT2D eigenvalue weighted by Gasteiger charge is 2.11. The van der Waals surface area contributed by atoms with E-state index in [1.54, 1.807) is 36.5 Å². The number of hydrogen-bond donors (Lipinski definition) is 0. The first-order valence-corrected chi connectivity index (χ1v) is 6.62. The zero-order valence-corrected chi connectivity index (χ0v) is 12.2. The molecule has 0 spiro atoms. The van der Waals surface area contributed by atoms with Gasteiger partial charge in [0, 0.05) is 23.9 Å². The number of hydrogen-bond acceptors (Lipinski definition) is 3. The molecular weight excluding hydrogens is 324 g/mol. The minimum atomic E-state index is -0.458. The molecule has 0 unspecified atom stereocenters. The van der Waals surface area contributed by atoms with Crippen molar-refractivity contribution < 1.29 is 4.92 Å². The van der Waals surface area contributed by atoms with Crippen LogP contribution in [0.5, 0.6) is 0 Å². The van der Waals surface area contributed by atoms with Gasteiger partial charge in [-0.2, -0.15) is 0 Å². The second kappa shape index (κ2) is 5.83. The van der Waals surface area contributed by atoms with E-state index in [1.165, 1.54) is 16.7 Å². The van der Waals surface area contributed by atoms with Crippen molar-refractivity contribution >= 4 is 27.7 Å². The Morgan fingerprint density at radius 1 is 1.35 bits per heavy atom. The molecule has 0 saturated heterocycles. The quantitative estimate of drug-likeness (QED) is 0.636. The standard InChI is InChI=1S/C14H11BrN2O3/c1-2-4-10-9-11(17(19)20)6-7-13(10)16-8-3-5-12(15)14(16)18/h2-9H,1H3. The summed E-state index contributed by atoms with van der Waals surface area (Å²) in [6.07, 6.45) is 5.13. The predicted octanol–water partition coefficient (Wildman–Crippen LogP) is 3.54. The first-order chi connectivity index (χ1) is 9.54. The van der Waals surface area contributed by atoms with Crippen LogP contribution >= 0.6 is 15.9 Å². The molecule has 0 N–H and O–H groups in total. The zero-order valence-electron chi connectivity index (χ0n) is 10.6. The normalized spacial score (nSPS) is 10.9. The highest BCUT2D eigenvalue weighted by atomic mass is 79.9. The Hall–Kier alpha value is -2.21. The lowest BCUT2D eigenvalue weighted by atomic mass is 10.1. The van der Waals surface area contributed by atoms with Crippen LogP contribution in [-0.2, 0) is 0 Å². The molecule has 0 radical (unpaired) electrons. The number of non-ortho nitro benzene ring substituents is 1. The smallest absolute Gasteiger partial charge is 0.270 e. The van der Waals surface area contributed by atoms with Gasteiger partial charge >= 0.3 is 0 Å². The summed E-state index contributed by atoms with van der Waals surface area (Å²) in [5, 5.41) is 10.8. The summed E-state index contributed by atoms with van der Waals surface area (Å²) >= 11 is 3.19. The van der Waals surface area contributed by atoms with Gasteiger partial charge in [0.1, 0.15) is 0 Å². The largest absolute Gasteiger partial charge is 0.283 e. The van der Waals surface area contributed by atoms with Crippen LogP contribution in [0, 0.1) is 10.1 Å². The third-order valence-corrected chi connectivity index (χ3v) is 3.33. The molecule has 5 nitrogen and oxygen atoms in total. The lowest BCUT2D eigenvalue weighted by Crippen LogP contribution is -2.18. The van der Waals surface area contributed by atoms with Gasteiger partial charge in [0.15, 0.2) is 0 Å². The van der Waals surface area contributed by atoms with Crippen LogP contribution in [0.15, 0.2) is 51.9 Å². The zero-order chi connectivity index (χ0) is 14.7. The fourth-order valence-corrected chi connectivity index (χ4v) is 2.19. The summed E-state index contributed by atoms with van der Waals surface area (Å²) in [5.41, 5.74) is 0.985. The Morgan fingerprint density at radius 3 is 2.75 bits per heavy atom. The Balaban J connectivity index is 2.70. The molecule has 2 rings (SSSR count). The minimum Gasteiger partial charge on any atom is -0.283 e. The molecule has 0 amide bonds. The maximum absolute atomic E-state index is 12.1. The van der Waals surface area contributed by atoms with Crippen molar-refractivity contribution in [3.05, 3.63) is 73.1 Å². The van der Waals surface area contributed by atoms with Gasteiger partial charge in [0.25, 0.3) is 11.2 Å². The summed E-state index contributed by atoms with van der Waals surface area (Å²) in [6, 6.07) is 7.78. The fraction of sp³-hybridized carbons (Fsp3) is 0.0714. The van der Waals surface area contributed by atoms with E-state index in [1.807, 2.05) is 6.92 Å². The topological polar surface area (TPSA) is 65.1 Å². The lowest BCUT2D eigenvalue weighted by molar-refractivity contribution is -0.384. The molecule has 2 aromatic rings. The monoisotopic (exact) mass is 334 g/mol. The molecule has 1 heterocycles. The van der Waals surface area contributed by atoms with Crippen LogP contribution in [-0.4, -0.2) is 9.49 Å². The summed E-state index contributed by atoms with van der Waals surface area (Å²) in [4.78, 5) is 22.5. The molecule has 1 aromatic carbocycles. The van der Waals surface area contributed by atoms with Crippen LogP contribution in [0.4, 0.5) is 5.69 Å². The summed E-state index contributed by atoms with van der Waals surface area (Å²) in [7, 11) is 0. The highest BCUT2D eigenvalue weighted by molar-refractivity contribution is 9.10. The third kappa shape index (κ3) is 2.70. The average molecular weight is 335 g/mol. The maximum atomic E-state index is 12.1. The van der Waals surface area contributed by atoms with Gasteiger partial charge in [-0.15, -0.1) is 0 Å². The molecule has 6 heteroatoms. The average Bonchev–Trinajstić information content (AvgIpc) is 2.42. The molecular formula is C14H11BrN2O3. The summed E-state index contributed by atoms with van der Waals surface area (Å²) in [6.45, 7) is 1.81. The first-order valence-electron chi connectivity index (χ1n) is 5.83. The van der Waals surface area contributed by atoms with Gasteiger partial charge in [0.05, 0.1) is 15.1 Å². The number of halogens is 1. The van der Waals surface area contributed by atoms with Gasteiger partial charge in [0.2, 0.25) is 0 Å². The van der Waals surface area contributed by atoms with E-state index < -0.39 is 4.92 Å². The van der Waals surface area contributed by atoms with Crippen LogP contribution < -0.4 is 5.56 Å². The minimum absolute atomic E-state index is 0.00936. The number of rotatable bonds is 3. The molecule has 0 saturated carbocycles. The molecule has 0 aliphatic rings. The molecule has 0 aliphatic heterocycles.